The largest absolute Gasteiger partial charge is 0.274 e. The van der Waals surface area contributed by atoms with Crippen molar-refractivity contribution in [2.24, 2.45) is 30.0 Å². The highest BCUT2D eigenvalue weighted by Crippen LogP contribution is 2.26. The van der Waals surface area contributed by atoms with E-state index in [-0.39, 0.29) is 84.3 Å². The molecule has 0 aliphatic carbocycles. The molecule has 3 aliphatic rings. The van der Waals surface area contributed by atoms with Crippen LogP contribution >= 0.6 is 0 Å². The maximum atomic E-state index is 14.3. The van der Waals surface area contributed by atoms with Crippen LogP contribution in [0.4, 0.5) is 8.78 Å². The summed E-state index contributed by atoms with van der Waals surface area (Å²) in [6.07, 6.45) is 0. The molecule has 0 bridgehead atoms. The van der Waals surface area contributed by atoms with Crippen molar-refractivity contribution in [3.8, 4) is 24.3 Å². The molecule has 0 saturated heterocycles. The number of aromatic nitrogens is 3. The summed E-state index contributed by atoms with van der Waals surface area (Å²) >= 11 is 0. The van der Waals surface area contributed by atoms with E-state index in [1.807, 2.05) is 12.1 Å². The van der Waals surface area contributed by atoms with Crippen LogP contribution in [0.25, 0.3) is 21.7 Å². The third-order valence-electron chi connectivity index (χ3n) is 6.90. The van der Waals surface area contributed by atoms with Gasteiger partial charge in [-0.2, -0.15) is 21.0 Å². The summed E-state index contributed by atoms with van der Waals surface area (Å²) in [5.41, 5.74) is -1.52. The third-order valence-corrected chi connectivity index (χ3v) is 6.90. The Hall–Kier alpha value is -8.00. The fraction of sp³-hybridized carbons (Fsp3) is 0. The number of nitriles is 4. The Morgan fingerprint density at radius 1 is 0.562 bits per heavy atom. The molecular formula is C32H8F2N14. The Balaban J connectivity index is 1.50. The molecule has 4 aromatic rings. The highest BCUT2D eigenvalue weighted by Gasteiger charge is 2.25. The molecular weight excluding hydrogens is 618 g/mol. The van der Waals surface area contributed by atoms with Crippen molar-refractivity contribution in [1.29, 1.82) is 21.0 Å². The van der Waals surface area contributed by atoms with Gasteiger partial charge in [-0.3, -0.25) is 0 Å². The average molecular weight is 627 g/mol. The highest BCUT2D eigenvalue weighted by molar-refractivity contribution is 5.80. The lowest BCUT2D eigenvalue weighted by molar-refractivity contribution is 0.621. The fourth-order valence-electron chi connectivity index (χ4n) is 4.68. The molecule has 220 valence electrons. The highest BCUT2D eigenvalue weighted by atomic mass is 19.1. The molecule has 14 nitrogen and oxygen atoms in total. The topological polar surface area (TPSA) is 212 Å². The van der Waals surface area contributed by atoms with Gasteiger partial charge in [0.15, 0.2) is 34.9 Å². The third kappa shape index (κ3) is 4.72. The second kappa shape index (κ2) is 11.2. The molecule has 0 radical (unpaired) electrons. The number of hydrogen-bond donors (Lipinski definition) is 0. The van der Waals surface area contributed by atoms with Gasteiger partial charge < -0.3 is 0 Å². The van der Waals surface area contributed by atoms with E-state index in [1.54, 1.807) is 36.4 Å². The number of nitrogens with zero attached hydrogens (tertiary/aromatic N) is 14. The Bertz CT molecular complexity index is 2740. The van der Waals surface area contributed by atoms with Crippen LogP contribution < -0.4 is 32.1 Å². The van der Waals surface area contributed by atoms with Crippen molar-refractivity contribution in [2.45, 2.75) is 0 Å². The molecule has 0 atom stereocenters. The maximum Gasteiger partial charge on any atom is 0.274 e. The standard InChI is InChI=1S/C32H8F2N14/c1-39-26(31-44-23-7-15(11-36)19(34)9-25(23)45-31)32-47-29(16(12-37)27-40-20-4-2-3-5-21(20)41-27)46-30(48-32)17(13-38)28-42-22-6-14(10-35)18(33)8-24(22)43-28/h2-9H/b28-17+,31-26-. The maximum absolute atomic E-state index is 14.3. The van der Waals surface area contributed by atoms with Crippen LogP contribution in [0, 0.1) is 63.5 Å². The van der Waals surface area contributed by atoms with Gasteiger partial charge in [0.2, 0.25) is 0 Å². The SMILES string of the molecule is [C-]#[N+]/C(=C1\N=c2cc(F)c(C#N)cc2=N1)c1nc(C(C#N)=C2N=c3ccccc3=N2)nc(/C(C#N)=C2/N=c3cc(F)c(C#N)cc3=N2)n1. The van der Waals surface area contributed by atoms with Gasteiger partial charge >= 0.3 is 0 Å². The molecule has 4 heterocycles. The summed E-state index contributed by atoms with van der Waals surface area (Å²) in [4.78, 5) is 42.2. The molecule has 16 heteroatoms. The molecule has 48 heavy (non-hydrogen) atoms. The van der Waals surface area contributed by atoms with E-state index in [4.69, 9.17) is 6.57 Å². The van der Waals surface area contributed by atoms with Crippen LogP contribution in [-0.2, 0) is 0 Å². The fourth-order valence-corrected chi connectivity index (χ4v) is 4.68. The molecule has 0 saturated carbocycles. The zero-order valence-electron chi connectivity index (χ0n) is 23.6. The van der Waals surface area contributed by atoms with Crippen molar-refractivity contribution in [3.63, 3.8) is 0 Å². The van der Waals surface area contributed by atoms with Gasteiger partial charge in [0.1, 0.15) is 47.1 Å². The number of allylic oxidation sites excluding steroid dienone is 2. The minimum absolute atomic E-state index is 0.0409. The molecule has 1 aromatic heterocycles. The summed E-state index contributed by atoms with van der Waals surface area (Å²) in [6.45, 7) is 7.93. The minimum Gasteiger partial charge on any atom is -0.238 e. The zero-order valence-corrected chi connectivity index (χ0v) is 23.6. The van der Waals surface area contributed by atoms with Crippen LogP contribution in [-0.4, -0.2) is 15.0 Å². The monoisotopic (exact) mass is 626 g/mol. The number of rotatable bonds is 3. The minimum atomic E-state index is -0.838. The van der Waals surface area contributed by atoms with Gasteiger partial charge in [-0.25, -0.2) is 58.5 Å². The lowest BCUT2D eigenvalue weighted by Crippen LogP contribution is -2.22. The lowest BCUT2D eigenvalue weighted by Gasteiger charge is -2.07. The van der Waals surface area contributed by atoms with Crippen LogP contribution in [0.15, 0.2) is 95.9 Å². The number of hydrogen-bond acceptors (Lipinski definition) is 13. The van der Waals surface area contributed by atoms with Crippen molar-refractivity contribution in [2.75, 3.05) is 0 Å². The lowest BCUT2D eigenvalue weighted by atomic mass is 10.2. The first-order valence-corrected chi connectivity index (χ1v) is 13.4. The average Bonchev–Trinajstić information content (AvgIpc) is 3.81. The Labute approximate surface area is 265 Å². The summed E-state index contributed by atoms with van der Waals surface area (Å²) in [5, 5.41) is 40.2. The second-order valence-corrected chi connectivity index (χ2v) is 9.74. The van der Waals surface area contributed by atoms with Gasteiger partial charge in [-0.05, 0) is 24.3 Å². The summed E-state index contributed by atoms with van der Waals surface area (Å²) in [5.74, 6) is -3.29. The van der Waals surface area contributed by atoms with Crippen molar-refractivity contribution in [3.05, 3.63) is 150 Å². The number of fused-ring (bicyclic) bond motifs is 3. The first-order chi connectivity index (χ1) is 23.3. The quantitative estimate of drug-likeness (QED) is 0.234. The molecule has 3 aromatic carbocycles. The zero-order chi connectivity index (χ0) is 33.5. The molecule has 0 N–H and O–H groups in total. The Morgan fingerprint density at radius 3 is 1.38 bits per heavy atom. The van der Waals surface area contributed by atoms with Crippen LogP contribution in [0.5, 0.6) is 0 Å². The summed E-state index contributed by atoms with van der Waals surface area (Å²) in [6, 6.07) is 18.5. The van der Waals surface area contributed by atoms with Crippen LogP contribution in [0.3, 0.4) is 0 Å². The Morgan fingerprint density at radius 2 is 0.958 bits per heavy atom. The van der Waals surface area contributed by atoms with Crippen molar-refractivity contribution in [1.82, 2.24) is 15.0 Å². The molecule has 7 rings (SSSR count). The predicted octanol–water partition coefficient (Wildman–Crippen LogP) is 0.682. The van der Waals surface area contributed by atoms with E-state index in [9.17, 15) is 29.8 Å². The normalized spacial score (nSPS) is 15.0. The van der Waals surface area contributed by atoms with Crippen LogP contribution in [0.1, 0.15) is 28.6 Å². The first-order valence-electron chi connectivity index (χ1n) is 13.4. The Kier molecular flexibility index (Phi) is 6.69. The van der Waals surface area contributed by atoms with Gasteiger partial charge in [0.25, 0.3) is 5.70 Å². The smallest absolute Gasteiger partial charge is 0.238 e. The molecule has 3 aliphatic heterocycles. The molecule has 0 amide bonds. The van der Waals surface area contributed by atoms with E-state index >= 15 is 0 Å². The summed E-state index contributed by atoms with van der Waals surface area (Å²) in [7, 11) is 0. The van der Waals surface area contributed by atoms with E-state index in [2.05, 4.69) is 49.8 Å². The van der Waals surface area contributed by atoms with E-state index in [0.717, 1.165) is 12.1 Å². The second-order valence-electron chi connectivity index (χ2n) is 9.74. The van der Waals surface area contributed by atoms with Gasteiger partial charge in [0.05, 0.1) is 49.8 Å². The number of para-hydroxylation sites is 2. The van der Waals surface area contributed by atoms with E-state index in [1.165, 1.54) is 12.1 Å². The van der Waals surface area contributed by atoms with Crippen molar-refractivity contribution >= 4 is 16.8 Å². The van der Waals surface area contributed by atoms with Gasteiger partial charge in [-0.1, -0.05) is 12.1 Å². The number of benzene rings is 3. The van der Waals surface area contributed by atoms with E-state index in [0.29, 0.717) is 10.7 Å². The molecule has 0 spiro atoms. The molecule has 0 unspecified atom stereocenters. The van der Waals surface area contributed by atoms with Crippen LogP contribution in [0.2, 0.25) is 0 Å². The predicted molar refractivity (Wildman–Crippen MR) is 154 cm³/mol. The molecule has 0 fully saturated rings. The summed E-state index contributed by atoms with van der Waals surface area (Å²) < 4.78 is 28.6. The van der Waals surface area contributed by atoms with Gasteiger partial charge in [0, 0.05) is 12.1 Å². The number of halogens is 2. The van der Waals surface area contributed by atoms with E-state index < -0.39 is 11.6 Å². The van der Waals surface area contributed by atoms with Crippen molar-refractivity contribution < 1.29 is 8.78 Å². The first kappa shape index (κ1) is 28.8. The van der Waals surface area contributed by atoms with Gasteiger partial charge in [-0.15, -0.1) is 0 Å².